The smallest absolute Gasteiger partial charge is 0.264 e. The molecule has 10 heteroatoms. The maximum Gasteiger partial charge on any atom is 0.264 e. The number of nitrogens with zero attached hydrogens (tertiary/aromatic N) is 2. The second-order valence-corrected chi connectivity index (χ2v) is 14.3. The molecule has 0 aliphatic heterocycles. The van der Waals surface area contributed by atoms with Crippen molar-refractivity contribution in [3.63, 3.8) is 0 Å². The summed E-state index contributed by atoms with van der Waals surface area (Å²) < 4.78 is 29.3. The fourth-order valence-corrected chi connectivity index (χ4v) is 7.69. The lowest BCUT2D eigenvalue weighted by molar-refractivity contribution is -0.140. The third-order valence-corrected chi connectivity index (χ3v) is 10.8. The van der Waals surface area contributed by atoms with Crippen LogP contribution in [0.5, 0.6) is 0 Å². The first-order valence-corrected chi connectivity index (χ1v) is 17.5. The van der Waals surface area contributed by atoms with Gasteiger partial charge in [-0.3, -0.25) is 13.9 Å². The predicted molar refractivity (Wildman–Crippen MR) is 183 cm³/mol. The van der Waals surface area contributed by atoms with Gasteiger partial charge in [0.05, 0.1) is 10.6 Å². The van der Waals surface area contributed by atoms with Crippen LogP contribution < -0.4 is 9.62 Å². The summed E-state index contributed by atoms with van der Waals surface area (Å²) >= 11 is 13.2. The van der Waals surface area contributed by atoms with E-state index in [2.05, 4.69) is 5.32 Å². The number of halogens is 2. The minimum Gasteiger partial charge on any atom is -0.352 e. The molecule has 0 aromatic heterocycles. The molecular weight excluding hydrogens is 641 g/mol. The molecule has 4 aromatic carbocycles. The normalized spacial score (nSPS) is 14.1. The Morgan fingerprint density at radius 3 is 2.02 bits per heavy atom. The van der Waals surface area contributed by atoms with Gasteiger partial charge in [-0.1, -0.05) is 108 Å². The zero-order valence-corrected chi connectivity index (χ0v) is 27.9. The molecule has 0 spiro atoms. The van der Waals surface area contributed by atoms with Crippen LogP contribution in [0.25, 0.3) is 0 Å². The summed E-state index contributed by atoms with van der Waals surface area (Å²) in [7, 11) is -4.18. The summed E-state index contributed by atoms with van der Waals surface area (Å²) in [5.41, 5.74) is 2.59. The van der Waals surface area contributed by atoms with Crippen LogP contribution in [-0.2, 0) is 32.6 Å². The number of benzene rings is 4. The Labute approximate surface area is 281 Å². The predicted octanol–water partition coefficient (Wildman–Crippen LogP) is 7.20. The molecule has 7 nitrogen and oxygen atoms in total. The van der Waals surface area contributed by atoms with Gasteiger partial charge in [0, 0.05) is 34.6 Å². The quantitative estimate of drug-likeness (QED) is 0.172. The zero-order valence-electron chi connectivity index (χ0n) is 25.6. The number of aryl methyl sites for hydroxylation is 1. The van der Waals surface area contributed by atoms with Gasteiger partial charge in [0.2, 0.25) is 11.8 Å². The molecule has 1 aliphatic carbocycles. The van der Waals surface area contributed by atoms with Gasteiger partial charge in [-0.05, 0) is 61.7 Å². The van der Waals surface area contributed by atoms with E-state index in [0.717, 1.165) is 41.1 Å². The highest BCUT2D eigenvalue weighted by molar-refractivity contribution is 7.92. The third-order valence-electron chi connectivity index (χ3n) is 8.29. The summed E-state index contributed by atoms with van der Waals surface area (Å²) in [6, 6.07) is 28.5. The molecule has 5 rings (SSSR count). The van der Waals surface area contributed by atoms with Crippen molar-refractivity contribution in [1.82, 2.24) is 10.2 Å². The molecule has 1 N–H and O–H groups in total. The van der Waals surface area contributed by atoms with E-state index < -0.39 is 28.5 Å². The van der Waals surface area contributed by atoms with E-state index in [9.17, 15) is 18.0 Å². The van der Waals surface area contributed by atoms with Gasteiger partial charge < -0.3 is 10.2 Å². The first-order chi connectivity index (χ1) is 22.1. The summed E-state index contributed by atoms with van der Waals surface area (Å²) in [5, 5.41) is 3.85. The van der Waals surface area contributed by atoms with Crippen LogP contribution in [0.15, 0.2) is 108 Å². The van der Waals surface area contributed by atoms with Crippen LogP contribution in [0, 0.1) is 6.92 Å². The van der Waals surface area contributed by atoms with Crippen molar-refractivity contribution in [2.24, 2.45) is 0 Å². The number of sulfonamides is 1. The maximum absolute atomic E-state index is 14.6. The lowest BCUT2D eigenvalue weighted by Gasteiger charge is -2.34. The van der Waals surface area contributed by atoms with E-state index >= 15 is 0 Å². The zero-order chi connectivity index (χ0) is 32.7. The van der Waals surface area contributed by atoms with Crippen molar-refractivity contribution in [3.8, 4) is 0 Å². The van der Waals surface area contributed by atoms with Crippen LogP contribution in [0.2, 0.25) is 10.0 Å². The van der Waals surface area contributed by atoms with E-state index in [1.807, 2.05) is 37.3 Å². The first-order valence-electron chi connectivity index (χ1n) is 15.3. The molecule has 1 saturated carbocycles. The summed E-state index contributed by atoms with van der Waals surface area (Å²) in [4.78, 5) is 30.2. The number of hydrogen-bond acceptors (Lipinski definition) is 4. The Balaban J connectivity index is 1.58. The van der Waals surface area contributed by atoms with Gasteiger partial charge in [-0.2, -0.15) is 0 Å². The fraction of sp³-hybridized carbons (Fsp3) is 0.278. The summed E-state index contributed by atoms with van der Waals surface area (Å²) in [5.74, 6) is -0.876. The van der Waals surface area contributed by atoms with Crippen LogP contribution in [0.1, 0.15) is 42.4 Å². The molecular formula is C36H37Cl2N3O4S. The van der Waals surface area contributed by atoms with E-state index in [4.69, 9.17) is 23.2 Å². The number of rotatable bonds is 12. The molecule has 1 fully saturated rings. The molecule has 0 heterocycles. The van der Waals surface area contributed by atoms with Crippen LogP contribution >= 0.6 is 23.2 Å². The highest BCUT2D eigenvalue weighted by Crippen LogP contribution is 2.29. The van der Waals surface area contributed by atoms with Crippen molar-refractivity contribution in [2.75, 3.05) is 10.8 Å². The molecule has 0 saturated heterocycles. The van der Waals surface area contributed by atoms with Crippen molar-refractivity contribution in [3.05, 3.63) is 130 Å². The Kier molecular flexibility index (Phi) is 11.0. The number of carbonyl (C=O) groups is 2. The van der Waals surface area contributed by atoms with Gasteiger partial charge in [0.1, 0.15) is 12.6 Å². The molecule has 2 amide bonds. The minimum atomic E-state index is -4.18. The molecule has 0 radical (unpaired) electrons. The summed E-state index contributed by atoms with van der Waals surface area (Å²) in [6.45, 7) is 1.25. The Bertz CT molecular complexity index is 1730. The Morgan fingerprint density at radius 1 is 0.826 bits per heavy atom. The monoisotopic (exact) mass is 677 g/mol. The van der Waals surface area contributed by atoms with E-state index in [-0.39, 0.29) is 29.8 Å². The highest BCUT2D eigenvalue weighted by Gasteiger charge is 2.36. The van der Waals surface area contributed by atoms with Gasteiger partial charge in [-0.15, -0.1) is 0 Å². The van der Waals surface area contributed by atoms with Crippen molar-refractivity contribution >= 4 is 50.7 Å². The first kappa shape index (κ1) is 33.5. The largest absolute Gasteiger partial charge is 0.352 e. The number of amides is 2. The van der Waals surface area contributed by atoms with Gasteiger partial charge >= 0.3 is 0 Å². The van der Waals surface area contributed by atoms with Crippen molar-refractivity contribution in [2.45, 2.75) is 62.6 Å². The topological polar surface area (TPSA) is 86.8 Å². The van der Waals surface area contributed by atoms with Crippen LogP contribution in [-0.4, -0.2) is 43.8 Å². The van der Waals surface area contributed by atoms with Crippen molar-refractivity contribution < 1.29 is 18.0 Å². The molecule has 4 aromatic rings. The Hall–Kier alpha value is -3.85. The average molecular weight is 679 g/mol. The SMILES string of the molecule is Cc1ccc(N(CC(=O)N(Cc2c(Cl)cccc2Cl)C(Cc2ccccc2)C(=O)NC2CCCC2)S(=O)(=O)c2ccccc2)cc1. The van der Waals surface area contributed by atoms with Gasteiger partial charge in [-0.25, -0.2) is 8.42 Å². The summed E-state index contributed by atoms with van der Waals surface area (Å²) in [6.07, 6.45) is 3.99. The van der Waals surface area contributed by atoms with E-state index in [1.165, 1.54) is 17.0 Å². The van der Waals surface area contributed by atoms with Gasteiger partial charge in [0.25, 0.3) is 10.0 Å². The number of anilines is 1. The second kappa shape index (κ2) is 15.2. The van der Waals surface area contributed by atoms with Gasteiger partial charge in [0.15, 0.2) is 0 Å². The minimum absolute atomic E-state index is 0.00846. The maximum atomic E-state index is 14.6. The Morgan fingerprint density at radius 2 is 1.41 bits per heavy atom. The standard InChI is InChI=1S/C36H37Cl2N3O4S/c1-26-19-21-29(22-20-26)41(46(44,45)30-15-6-3-7-16-30)25-35(42)40(24-31-32(37)17-10-18-33(31)38)34(23-27-11-4-2-5-12-27)36(43)39-28-13-8-9-14-28/h2-7,10-12,15-22,28,34H,8-9,13-14,23-25H2,1H3,(H,39,43). The molecule has 1 aliphatic rings. The molecule has 1 atom stereocenters. The molecule has 1 unspecified atom stereocenters. The number of carbonyl (C=O) groups excluding carboxylic acids is 2. The van der Waals surface area contributed by atoms with E-state index in [0.29, 0.717) is 21.3 Å². The highest BCUT2D eigenvalue weighted by atomic mass is 35.5. The van der Waals surface area contributed by atoms with Crippen LogP contribution in [0.4, 0.5) is 5.69 Å². The molecule has 240 valence electrons. The third kappa shape index (κ3) is 8.10. The number of hydrogen-bond donors (Lipinski definition) is 1. The number of nitrogens with one attached hydrogen (secondary N) is 1. The molecule has 0 bridgehead atoms. The lowest BCUT2D eigenvalue weighted by Crippen LogP contribution is -2.54. The lowest BCUT2D eigenvalue weighted by atomic mass is 10.0. The molecule has 46 heavy (non-hydrogen) atoms. The van der Waals surface area contributed by atoms with Crippen molar-refractivity contribution in [1.29, 1.82) is 0 Å². The second-order valence-electron chi connectivity index (χ2n) is 11.6. The van der Waals surface area contributed by atoms with E-state index in [1.54, 1.807) is 60.7 Å². The van der Waals surface area contributed by atoms with Crippen LogP contribution in [0.3, 0.4) is 0 Å². The average Bonchev–Trinajstić information content (AvgIpc) is 3.57. The fourth-order valence-electron chi connectivity index (χ4n) is 5.73.